The summed E-state index contributed by atoms with van der Waals surface area (Å²) in [6.45, 7) is 1.29. The Balaban J connectivity index is 1.73. The van der Waals surface area contributed by atoms with Crippen LogP contribution >= 0.6 is 0 Å². The summed E-state index contributed by atoms with van der Waals surface area (Å²) in [6.07, 6.45) is -10.2. The summed E-state index contributed by atoms with van der Waals surface area (Å²) in [5.41, 5.74) is 0.536. The fourth-order valence-electron chi connectivity index (χ4n) is 4.27. The molecule has 188 valence electrons. The Hall–Kier alpha value is -2.18. The van der Waals surface area contributed by atoms with E-state index in [1.165, 1.54) is 0 Å². The third-order valence-electron chi connectivity index (χ3n) is 6.55. The molecule has 1 saturated carbocycles. The van der Waals surface area contributed by atoms with Gasteiger partial charge in [-0.1, -0.05) is 31.2 Å². The third kappa shape index (κ3) is 4.80. The number of aliphatic hydroxyl groups excluding tert-OH is 4. The summed E-state index contributed by atoms with van der Waals surface area (Å²) < 4.78 is 54.6. The molecule has 1 aromatic carbocycles. The molecule has 1 aliphatic carbocycles. The second-order valence-corrected chi connectivity index (χ2v) is 8.82. The predicted molar refractivity (Wildman–Crippen MR) is 113 cm³/mol. The van der Waals surface area contributed by atoms with Crippen molar-refractivity contribution in [3.63, 3.8) is 0 Å². The Morgan fingerprint density at radius 1 is 1.06 bits per heavy atom. The molecule has 34 heavy (non-hydrogen) atoms. The van der Waals surface area contributed by atoms with Gasteiger partial charge in [0.05, 0.1) is 18.2 Å². The SMILES string of the molecule is CCc1ccc(Cc2c(O[C@@H]3O[C@H](CO)[C@@H](O)[C@H](O)[C@H]3O)nn(C3CCC3)c2C(F)(F)F)cc1. The highest BCUT2D eigenvalue weighted by Crippen LogP contribution is 2.43. The van der Waals surface area contributed by atoms with Gasteiger partial charge in [-0.3, -0.25) is 4.68 Å². The van der Waals surface area contributed by atoms with E-state index in [4.69, 9.17) is 9.47 Å². The zero-order chi connectivity index (χ0) is 24.6. The lowest BCUT2D eigenvalue weighted by atomic mass is 9.93. The molecule has 2 fully saturated rings. The highest BCUT2D eigenvalue weighted by Gasteiger charge is 2.47. The van der Waals surface area contributed by atoms with Crippen molar-refractivity contribution in [2.45, 2.75) is 82.0 Å². The van der Waals surface area contributed by atoms with Crippen molar-refractivity contribution in [1.29, 1.82) is 0 Å². The van der Waals surface area contributed by atoms with E-state index in [1.807, 2.05) is 19.1 Å². The number of halogens is 3. The number of aryl methyl sites for hydroxylation is 1. The number of alkyl halides is 3. The summed E-state index contributed by atoms with van der Waals surface area (Å²) in [4.78, 5) is 0. The second-order valence-electron chi connectivity index (χ2n) is 8.82. The number of rotatable bonds is 7. The fourth-order valence-corrected chi connectivity index (χ4v) is 4.27. The van der Waals surface area contributed by atoms with Crippen LogP contribution in [-0.2, 0) is 23.8 Å². The van der Waals surface area contributed by atoms with Gasteiger partial charge in [-0.05, 0) is 36.8 Å². The van der Waals surface area contributed by atoms with E-state index >= 15 is 0 Å². The van der Waals surface area contributed by atoms with Crippen LogP contribution in [0.15, 0.2) is 24.3 Å². The van der Waals surface area contributed by atoms with E-state index in [0.717, 1.165) is 23.1 Å². The number of hydrogen-bond donors (Lipinski definition) is 4. The van der Waals surface area contributed by atoms with E-state index < -0.39 is 55.2 Å². The quantitative estimate of drug-likeness (QED) is 0.473. The number of ether oxygens (including phenoxy) is 2. The minimum absolute atomic E-state index is 0.127. The van der Waals surface area contributed by atoms with Gasteiger partial charge in [0.2, 0.25) is 12.2 Å². The molecule has 1 aliphatic heterocycles. The van der Waals surface area contributed by atoms with Crippen LogP contribution in [0, 0.1) is 0 Å². The van der Waals surface area contributed by atoms with E-state index in [9.17, 15) is 33.6 Å². The fraction of sp³-hybridized carbons (Fsp3) is 0.609. The van der Waals surface area contributed by atoms with Gasteiger partial charge in [-0.2, -0.15) is 13.2 Å². The first kappa shape index (κ1) is 24.9. The minimum atomic E-state index is -4.71. The molecule has 5 atom stereocenters. The molecule has 2 heterocycles. The smallest absolute Gasteiger partial charge is 0.433 e. The Kier molecular flexibility index (Phi) is 7.20. The monoisotopic (exact) mass is 486 g/mol. The van der Waals surface area contributed by atoms with Crippen molar-refractivity contribution < 1.29 is 43.1 Å². The zero-order valence-electron chi connectivity index (χ0n) is 18.6. The Labute approximate surface area is 194 Å². The summed E-state index contributed by atoms with van der Waals surface area (Å²) in [5.74, 6) is -0.372. The molecular formula is C23H29F3N2O6. The lowest BCUT2D eigenvalue weighted by Gasteiger charge is -2.39. The van der Waals surface area contributed by atoms with Gasteiger partial charge < -0.3 is 29.9 Å². The maximum atomic E-state index is 14.2. The van der Waals surface area contributed by atoms with Crippen LogP contribution in [0.3, 0.4) is 0 Å². The van der Waals surface area contributed by atoms with Crippen molar-refractivity contribution in [2.24, 2.45) is 0 Å². The number of benzene rings is 1. The molecule has 2 aliphatic rings. The topological polar surface area (TPSA) is 117 Å². The molecule has 0 spiro atoms. The van der Waals surface area contributed by atoms with Gasteiger partial charge in [-0.15, -0.1) is 5.10 Å². The molecule has 8 nitrogen and oxygen atoms in total. The highest BCUT2D eigenvalue weighted by molar-refractivity contribution is 5.39. The Bertz CT molecular complexity index is 974. The first-order valence-electron chi connectivity index (χ1n) is 11.4. The molecule has 0 amide bonds. The van der Waals surface area contributed by atoms with E-state index in [0.29, 0.717) is 18.4 Å². The molecule has 0 unspecified atom stereocenters. The molecule has 0 radical (unpaired) electrons. The van der Waals surface area contributed by atoms with Gasteiger partial charge in [-0.25, -0.2) is 0 Å². The van der Waals surface area contributed by atoms with Crippen LogP contribution in [-0.4, -0.2) is 67.5 Å². The molecule has 4 rings (SSSR count). The largest absolute Gasteiger partial charge is 0.443 e. The first-order valence-corrected chi connectivity index (χ1v) is 11.4. The molecule has 1 saturated heterocycles. The van der Waals surface area contributed by atoms with Gasteiger partial charge in [0.1, 0.15) is 30.1 Å². The summed E-state index contributed by atoms with van der Waals surface area (Å²) in [7, 11) is 0. The van der Waals surface area contributed by atoms with E-state index in [2.05, 4.69) is 5.10 Å². The van der Waals surface area contributed by atoms with Crippen LogP contribution in [0.1, 0.15) is 54.6 Å². The molecule has 0 bridgehead atoms. The Morgan fingerprint density at radius 2 is 1.71 bits per heavy atom. The van der Waals surface area contributed by atoms with Gasteiger partial charge in [0, 0.05) is 6.42 Å². The van der Waals surface area contributed by atoms with Crippen LogP contribution in [0.5, 0.6) is 5.88 Å². The van der Waals surface area contributed by atoms with Crippen molar-refractivity contribution in [2.75, 3.05) is 6.61 Å². The number of aliphatic hydroxyl groups is 4. The maximum Gasteiger partial charge on any atom is 0.433 e. The molecule has 11 heteroatoms. The Morgan fingerprint density at radius 3 is 2.24 bits per heavy atom. The van der Waals surface area contributed by atoms with Crippen LogP contribution < -0.4 is 4.74 Å². The summed E-state index contributed by atoms with van der Waals surface area (Å²) in [6, 6.07) is 6.76. The number of hydrogen-bond acceptors (Lipinski definition) is 7. The minimum Gasteiger partial charge on any atom is -0.443 e. The maximum absolute atomic E-state index is 14.2. The highest BCUT2D eigenvalue weighted by atomic mass is 19.4. The number of nitrogens with zero attached hydrogens (tertiary/aromatic N) is 2. The van der Waals surface area contributed by atoms with Crippen LogP contribution in [0.25, 0.3) is 0 Å². The van der Waals surface area contributed by atoms with Gasteiger partial charge in [0.25, 0.3) is 0 Å². The van der Waals surface area contributed by atoms with Crippen molar-refractivity contribution in [3.8, 4) is 5.88 Å². The summed E-state index contributed by atoms with van der Waals surface area (Å²) >= 11 is 0. The first-order chi connectivity index (χ1) is 16.1. The average Bonchev–Trinajstić information content (AvgIpc) is 3.10. The van der Waals surface area contributed by atoms with Crippen LogP contribution in [0.2, 0.25) is 0 Å². The average molecular weight is 486 g/mol. The zero-order valence-corrected chi connectivity index (χ0v) is 18.6. The van der Waals surface area contributed by atoms with Crippen molar-refractivity contribution >= 4 is 0 Å². The normalized spacial score (nSPS) is 28.1. The molecular weight excluding hydrogens is 457 g/mol. The molecule has 2 aromatic rings. The summed E-state index contributed by atoms with van der Waals surface area (Å²) in [5, 5.41) is 43.9. The standard InChI is InChI=1S/C23H29F3N2O6/c1-2-12-6-8-13(9-7-12)10-15-20(23(24,25)26)28(14-4-3-5-14)27-21(15)34-22-19(32)18(31)17(30)16(11-29)33-22/h6-9,14,16-19,22,29-32H,2-5,10-11H2,1H3/t16-,17-,18+,19-,22+/m1/s1. The third-order valence-corrected chi connectivity index (χ3v) is 6.55. The number of aromatic nitrogens is 2. The van der Waals surface area contributed by atoms with Crippen LogP contribution in [0.4, 0.5) is 13.2 Å². The van der Waals surface area contributed by atoms with E-state index in [1.54, 1.807) is 12.1 Å². The van der Waals surface area contributed by atoms with Gasteiger partial charge >= 0.3 is 6.18 Å². The molecule has 4 N–H and O–H groups in total. The second kappa shape index (κ2) is 9.82. The lowest BCUT2D eigenvalue weighted by molar-refractivity contribution is -0.278. The van der Waals surface area contributed by atoms with Gasteiger partial charge in [0.15, 0.2) is 0 Å². The van der Waals surface area contributed by atoms with E-state index in [-0.39, 0.29) is 17.9 Å². The van der Waals surface area contributed by atoms with Crippen molar-refractivity contribution in [3.05, 3.63) is 46.6 Å². The lowest BCUT2D eigenvalue weighted by Crippen LogP contribution is -2.60. The predicted octanol–water partition coefficient (Wildman–Crippen LogP) is 1.96. The van der Waals surface area contributed by atoms with Crippen molar-refractivity contribution in [1.82, 2.24) is 9.78 Å². The molecule has 1 aromatic heterocycles.